The maximum atomic E-state index is 13.5. The number of nitrogens with zero attached hydrogens (tertiary/aromatic N) is 16. The molecule has 4 amide bonds. The summed E-state index contributed by atoms with van der Waals surface area (Å²) in [7, 11) is 0. The van der Waals surface area contributed by atoms with Crippen molar-refractivity contribution in [3.8, 4) is 0 Å². The van der Waals surface area contributed by atoms with Gasteiger partial charge in [0.2, 0.25) is 23.7 Å². The largest absolute Gasteiger partial charge is 0.388 e. The van der Waals surface area contributed by atoms with Gasteiger partial charge in [0.1, 0.15) is 37.6 Å². The molecule has 0 aromatic carbocycles. The number of aromatic nitrogens is 16. The van der Waals surface area contributed by atoms with E-state index in [1.165, 1.54) is 22.2 Å². The van der Waals surface area contributed by atoms with E-state index in [1.54, 1.807) is 9.13 Å². The smallest absolute Gasteiger partial charge is 0.315 e. The molecule has 8 atom stereocenters. The molecule has 0 saturated heterocycles. The Labute approximate surface area is 456 Å². The molecule has 33 nitrogen and oxygen atoms in total. The number of carbonyl (C=O) groups is 3. The van der Waals surface area contributed by atoms with Gasteiger partial charge in [0, 0.05) is 50.1 Å². The first-order chi connectivity index (χ1) is 38.8. The zero-order chi connectivity index (χ0) is 56.0. The summed E-state index contributed by atoms with van der Waals surface area (Å²) in [6.07, 6.45) is 4.82. The van der Waals surface area contributed by atoms with Crippen molar-refractivity contribution in [1.29, 1.82) is 0 Å². The number of aliphatic hydroxyl groups excluding tert-OH is 6. The number of urea groups is 1. The number of nitrogens with one attached hydrogen (secondary N) is 8. The number of aliphatic hydroxyl groups is 6. The van der Waals surface area contributed by atoms with Crippen molar-refractivity contribution in [3.05, 3.63) is 24.3 Å². The van der Waals surface area contributed by atoms with Gasteiger partial charge in [0.25, 0.3) is 0 Å². The van der Waals surface area contributed by atoms with Crippen LogP contribution in [-0.4, -0.2) is 215 Å². The Kier molecular flexibility index (Phi) is 17.3. The fraction of sp³-hybridized carbons (Fsp3) is 0.681. The molecule has 6 aromatic rings. The van der Waals surface area contributed by atoms with Crippen molar-refractivity contribution >= 4 is 63.7 Å². The fourth-order valence-electron chi connectivity index (χ4n) is 11.2. The number of rotatable bonds is 22. The molecule has 0 aliphatic heterocycles. The fourth-order valence-corrected chi connectivity index (χ4v) is 11.2. The van der Waals surface area contributed by atoms with Gasteiger partial charge >= 0.3 is 6.03 Å². The highest BCUT2D eigenvalue weighted by atomic mass is 16.3. The monoisotopic (exact) mass is 1110 g/mol. The molecule has 432 valence electrons. The van der Waals surface area contributed by atoms with Crippen LogP contribution in [0.25, 0.3) is 22.3 Å². The first kappa shape index (κ1) is 55.7. The van der Waals surface area contributed by atoms with Crippen LogP contribution in [0.2, 0.25) is 0 Å². The molecule has 4 aliphatic carbocycles. The van der Waals surface area contributed by atoms with Gasteiger partial charge < -0.3 is 82.3 Å². The summed E-state index contributed by atoms with van der Waals surface area (Å²) in [5, 5.41) is 113. The number of anilines is 4. The van der Waals surface area contributed by atoms with E-state index < -0.39 is 73.6 Å². The van der Waals surface area contributed by atoms with E-state index in [1.807, 2.05) is 13.8 Å². The molecule has 0 radical (unpaired) electrons. The number of carbonyl (C=O) groups excluding carboxylic acids is 3. The van der Waals surface area contributed by atoms with Crippen LogP contribution >= 0.6 is 0 Å². The lowest BCUT2D eigenvalue weighted by Crippen LogP contribution is -2.49. The maximum absolute atomic E-state index is 13.5. The summed E-state index contributed by atoms with van der Waals surface area (Å²) in [5.74, 6) is 1.27. The zero-order valence-electron chi connectivity index (χ0n) is 44.4. The summed E-state index contributed by atoms with van der Waals surface area (Å²) < 4.78 is 3.35. The molecule has 33 heteroatoms. The molecule has 14 N–H and O–H groups in total. The Morgan fingerprint density at radius 1 is 0.550 bits per heavy atom. The van der Waals surface area contributed by atoms with Crippen LogP contribution in [0.3, 0.4) is 0 Å². The summed E-state index contributed by atoms with van der Waals surface area (Å²) >= 11 is 0. The molecular formula is C47H70N24O9. The van der Waals surface area contributed by atoms with Crippen molar-refractivity contribution < 1.29 is 45.0 Å². The molecule has 6 aromatic heterocycles. The van der Waals surface area contributed by atoms with E-state index >= 15 is 0 Å². The predicted molar refractivity (Wildman–Crippen MR) is 282 cm³/mol. The summed E-state index contributed by atoms with van der Waals surface area (Å²) in [4.78, 5) is 69.0. The Balaban J connectivity index is 0.742. The first-order valence-corrected chi connectivity index (χ1v) is 27.4. The van der Waals surface area contributed by atoms with E-state index in [0.717, 1.165) is 0 Å². The van der Waals surface area contributed by atoms with Crippen molar-refractivity contribution in [3.63, 3.8) is 0 Å². The van der Waals surface area contributed by atoms with Gasteiger partial charge in [-0.25, -0.2) is 14.8 Å². The van der Waals surface area contributed by atoms with Crippen molar-refractivity contribution in [2.24, 2.45) is 0 Å². The lowest BCUT2D eigenvalue weighted by Gasteiger charge is -2.32. The minimum Gasteiger partial charge on any atom is -0.388 e. The number of amides is 4. The molecule has 80 heavy (non-hydrogen) atoms. The number of hydrogen-bond acceptors (Lipinski definition) is 25. The van der Waals surface area contributed by atoms with E-state index in [2.05, 4.69) is 83.3 Å². The Bertz CT molecular complexity index is 2880. The molecule has 4 saturated carbocycles. The van der Waals surface area contributed by atoms with Crippen molar-refractivity contribution in [1.82, 2.24) is 101 Å². The Morgan fingerprint density at radius 2 is 0.950 bits per heavy atom. The summed E-state index contributed by atoms with van der Waals surface area (Å²) in [5.41, 5.74) is 1.69. The minimum absolute atomic E-state index is 0.0237. The first-order valence-electron chi connectivity index (χ1n) is 27.4. The SMILES string of the molecule is CCn1nnc(CCNc2nc(NC3CCC(NC(=O)NC4CCC(Nc5nc(NCCc6nnn(CC)n6)nc6c5ncn6[C@@H]5C[C@H](NC(=O)CO)[C@@H](O)[C@H]5O)CC4)CC3)c3ncn([C@@H]4C[C@H](NC(=O)CO)[C@@H](O)[C@H]4O)c3n2)n1. The van der Waals surface area contributed by atoms with Crippen LogP contribution in [-0.2, 0) is 35.5 Å². The number of tetrazole rings is 2. The lowest BCUT2D eigenvalue weighted by molar-refractivity contribution is -0.126. The molecule has 4 fully saturated rings. The van der Waals surface area contributed by atoms with E-state index in [9.17, 15) is 45.0 Å². The molecular weight excluding hydrogens is 1040 g/mol. The third-order valence-corrected chi connectivity index (χ3v) is 15.5. The highest BCUT2D eigenvalue weighted by molar-refractivity contribution is 5.86. The second-order valence-corrected chi connectivity index (χ2v) is 20.8. The molecule has 0 bridgehead atoms. The van der Waals surface area contributed by atoms with Crippen molar-refractivity contribution in [2.75, 3.05) is 47.6 Å². The van der Waals surface area contributed by atoms with Crippen LogP contribution in [0.15, 0.2) is 12.7 Å². The van der Waals surface area contributed by atoms with Crippen LogP contribution < -0.4 is 42.5 Å². The van der Waals surface area contributed by atoms with Crippen LogP contribution in [0.4, 0.5) is 28.3 Å². The van der Waals surface area contributed by atoms with Gasteiger partial charge in [0.15, 0.2) is 45.6 Å². The molecule has 4 aliphatic rings. The van der Waals surface area contributed by atoms with Crippen molar-refractivity contribution in [2.45, 2.75) is 177 Å². The van der Waals surface area contributed by atoms with E-state index in [-0.39, 0.29) is 54.9 Å². The molecule has 10 rings (SSSR count). The summed E-state index contributed by atoms with van der Waals surface area (Å²) in [6, 6.07) is -3.43. The van der Waals surface area contributed by atoms with Gasteiger partial charge in [-0.1, -0.05) is 0 Å². The van der Waals surface area contributed by atoms with Gasteiger partial charge in [0.05, 0.1) is 49.9 Å². The summed E-state index contributed by atoms with van der Waals surface area (Å²) in [6.45, 7) is 4.27. The quantitative estimate of drug-likeness (QED) is 0.0323. The minimum atomic E-state index is -1.29. The molecule has 0 spiro atoms. The van der Waals surface area contributed by atoms with Gasteiger partial charge in [-0.2, -0.15) is 29.5 Å². The van der Waals surface area contributed by atoms with Crippen LogP contribution in [0.1, 0.15) is 102 Å². The average molecular weight is 1120 g/mol. The van der Waals surface area contributed by atoms with Crippen LogP contribution in [0.5, 0.6) is 0 Å². The van der Waals surface area contributed by atoms with E-state index in [0.29, 0.717) is 136 Å². The third-order valence-electron chi connectivity index (χ3n) is 15.5. The third kappa shape index (κ3) is 12.5. The number of fused-ring (bicyclic) bond motifs is 2. The number of hydrogen-bond donors (Lipinski definition) is 14. The predicted octanol–water partition coefficient (Wildman–Crippen LogP) is -2.98. The second kappa shape index (κ2) is 24.8. The lowest BCUT2D eigenvalue weighted by atomic mass is 9.90. The van der Waals surface area contributed by atoms with Gasteiger partial charge in [-0.05, 0) is 88.5 Å². The highest BCUT2D eigenvalue weighted by Crippen LogP contribution is 2.37. The van der Waals surface area contributed by atoms with E-state index in [4.69, 9.17) is 19.9 Å². The number of imidazole rings is 2. The maximum Gasteiger partial charge on any atom is 0.315 e. The standard InChI is InChI=1S/C47H70N24O9/c1-3-70-64-31(62-66-70)13-15-48-45-58-41(35-43(60-45)68(21-50-35)29-17-27(37(76)39(29)78)56-33(74)19-72)52-23-5-9-25(10-6-23)54-47(80)55-26-11-7-24(8-12-26)53-42-36-44(61-46(59-42)49-16-14-32-63-67-71(4-2)65-32)69(22-51-36)30-18-28(38(77)40(30)79)57-34(75)20-73/h21-30,37-40,72-73,76-79H,3-20H2,1-2H3,(H,56,74)(H,57,75)(H2,54,55,80)(H2,48,52,58,60)(H2,49,53,59,61)/t23?,24?,25?,26?,27-,28-,29+,30+,37+,38+,39-,40-/m0/s1. The number of aryl methyl sites for hydroxylation is 2. The topological polar surface area (TPSA) is 443 Å². The Hall–Kier alpha value is -7.59. The highest BCUT2D eigenvalue weighted by Gasteiger charge is 2.45. The molecule has 0 unspecified atom stereocenters. The Morgan fingerprint density at radius 3 is 1.32 bits per heavy atom. The normalized spacial score (nSPS) is 26.8. The average Bonchev–Trinajstić information content (AvgIpc) is 4.44. The van der Waals surface area contributed by atoms with Gasteiger partial charge in [-0.15, -0.1) is 20.4 Å². The second-order valence-electron chi connectivity index (χ2n) is 20.8. The molecule has 6 heterocycles. The van der Waals surface area contributed by atoms with Crippen LogP contribution in [0, 0.1) is 0 Å². The van der Waals surface area contributed by atoms with Gasteiger partial charge in [-0.3, -0.25) is 9.59 Å². The zero-order valence-corrected chi connectivity index (χ0v) is 44.4.